The van der Waals surface area contributed by atoms with E-state index < -0.39 is 0 Å². The number of halogens is 1. The van der Waals surface area contributed by atoms with Crippen molar-refractivity contribution in [1.82, 2.24) is 0 Å². The second-order valence-electron chi connectivity index (χ2n) is 3.42. The molecule has 74 valence electrons. The molecule has 1 aliphatic rings. The molecule has 0 saturated carbocycles. The van der Waals surface area contributed by atoms with Crippen LogP contribution >= 0.6 is 0 Å². The van der Waals surface area contributed by atoms with Gasteiger partial charge in [0.1, 0.15) is 5.82 Å². The van der Waals surface area contributed by atoms with Crippen LogP contribution in [0.15, 0.2) is 24.3 Å². The zero-order chi connectivity index (χ0) is 10.1. The number of amides is 1. The smallest absolute Gasteiger partial charge is 0.228 e. The third kappa shape index (κ3) is 1.48. The molecule has 0 aromatic heterocycles. The first-order valence-electron chi connectivity index (χ1n) is 4.49. The van der Waals surface area contributed by atoms with E-state index in [9.17, 15) is 9.18 Å². The Hall–Kier alpha value is -1.42. The van der Waals surface area contributed by atoms with Crippen molar-refractivity contribution in [2.75, 3.05) is 11.4 Å². The van der Waals surface area contributed by atoms with Crippen molar-refractivity contribution in [3.63, 3.8) is 0 Å². The van der Waals surface area contributed by atoms with Crippen LogP contribution in [0.1, 0.15) is 6.42 Å². The topological polar surface area (TPSA) is 46.3 Å². The van der Waals surface area contributed by atoms with Crippen LogP contribution in [-0.4, -0.2) is 18.5 Å². The van der Waals surface area contributed by atoms with E-state index in [0.717, 1.165) is 0 Å². The van der Waals surface area contributed by atoms with Crippen molar-refractivity contribution in [2.45, 2.75) is 12.5 Å². The highest BCUT2D eigenvalue weighted by Crippen LogP contribution is 2.23. The molecule has 14 heavy (non-hydrogen) atoms. The Labute approximate surface area is 81.3 Å². The van der Waals surface area contributed by atoms with Crippen LogP contribution in [-0.2, 0) is 4.79 Å². The second-order valence-corrected chi connectivity index (χ2v) is 3.42. The standard InChI is InChI=1S/C10H11FN2O/c11-8-3-1-2-4-9(8)13-6-7(12)5-10(13)14/h1-4,7H,5-6,12H2. The minimum absolute atomic E-state index is 0.109. The first-order chi connectivity index (χ1) is 6.68. The molecule has 1 amide bonds. The van der Waals surface area contributed by atoms with Gasteiger partial charge >= 0.3 is 0 Å². The fourth-order valence-corrected chi connectivity index (χ4v) is 1.64. The van der Waals surface area contributed by atoms with Crippen LogP contribution < -0.4 is 10.6 Å². The van der Waals surface area contributed by atoms with Gasteiger partial charge in [0.2, 0.25) is 5.91 Å². The Morgan fingerprint density at radius 3 is 2.71 bits per heavy atom. The molecular weight excluding hydrogens is 183 g/mol. The van der Waals surface area contributed by atoms with Gasteiger partial charge in [0, 0.05) is 19.0 Å². The number of para-hydroxylation sites is 1. The van der Waals surface area contributed by atoms with Crippen LogP contribution in [0.5, 0.6) is 0 Å². The Kier molecular flexibility index (Phi) is 2.21. The summed E-state index contributed by atoms with van der Waals surface area (Å²) in [6.07, 6.45) is 0.300. The van der Waals surface area contributed by atoms with Crippen molar-refractivity contribution in [3.05, 3.63) is 30.1 Å². The van der Waals surface area contributed by atoms with Crippen molar-refractivity contribution in [2.24, 2.45) is 5.73 Å². The maximum Gasteiger partial charge on any atom is 0.228 e. The molecule has 3 nitrogen and oxygen atoms in total. The van der Waals surface area contributed by atoms with E-state index in [2.05, 4.69) is 0 Å². The van der Waals surface area contributed by atoms with E-state index in [1.54, 1.807) is 18.2 Å². The molecule has 0 spiro atoms. The Morgan fingerprint density at radius 2 is 2.14 bits per heavy atom. The van der Waals surface area contributed by atoms with Gasteiger partial charge in [-0.2, -0.15) is 0 Å². The molecule has 1 unspecified atom stereocenters. The number of nitrogens with two attached hydrogens (primary N) is 1. The van der Waals surface area contributed by atoms with Crippen LogP contribution in [0.4, 0.5) is 10.1 Å². The number of carbonyl (C=O) groups is 1. The lowest BCUT2D eigenvalue weighted by molar-refractivity contribution is -0.117. The Morgan fingerprint density at radius 1 is 1.43 bits per heavy atom. The fraction of sp³-hybridized carbons (Fsp3) is 0.300. The Bertz CT molecular complexity index is 367. The lowest BCUT2D eigenvalue weighted by Crippen LogP contribution is -2.28. The number of nitrogens with zero attached hydrogens (tertiary/aromatic N) is 1. The summed E-state index contributed by atoms with van der Waals surface area (Å²) in [5, 5.41) is 0. The normalized spacial score (nSPS) is 21.7. The number of carbonyl (C=O) groups excluding carboxylic acids is 1. The second kappa shape index (κ2) is 3.38. The molecule has 4 heteroatoms. The van der Waals surface area contributed by atoms with Gasteiger partial charge in [-0.05, 0) is 12.1 Å². The van der Waals surface area contributed by atoms with Gasteiger partial charge < -0.3 is 10.6 Å². The van der Waals surface area contributed by atoms with Gasteiger partial charge in [0.25, 0.3) is 0 Å². The maximum absolute atomic E-state index is 13.3. The summed E-state index contributed by atoms with van der Waals surface area (Å²) >= 11 is 0. The van der Waals surface area contributed by atoms with Gasteiger partial charge in [-0.3, -0.25) is 4.79 Å². The monoisotopic (exact) mass is 194 g/mol. The largest absolute Gasteiger partial charge is 0.326 e. The quantitative estimate of drug-likeness (QED) is 0.721. The van der Waals surface area contributed by atoms with E-state index in [4.69, 9.17) is 5.73 Å². The van der Waals surface area contributed by atoms with E-state index in [0.29, 0.717) is 18.7 Å². The van der Waals surface area contributed by atoms with Crippen molar-refractivity contribution >= 4 is 11.6 Å². The van der Waals surface area contributed by atoms with Crippen molar-refractivity contribution in [1.29, 1.82) is 0 Å². The van der Waals surface area contributed by atoms with E-state index in [-0.39, 0.29) is 17.8 Å². The molecule has 0 bridgehead atoms. The summed E-state index contributed by atoms with van der Waals surface area (Å²) in [7, 11) is 0. The Balaban J connectivity index is 2.32. The maximum atomic E-state index is 13.3. The highest BCUT2D eigenvalue weighted by molar-refractivity contribution is 5.96. The third-order valence-corrected chi connectivity index (χ3v) is 2.30. The lowest BCUT2D eigenvalue weighted by Gasteiger charge is -2.16. The van der Waals surface area contributed by atoms with E-state index in [1.165, 1.54) is 11.0 Å². The third-order valence-electron chi connectivity index (χ3n) is 2.30. The van der Waals surface area contributed by atoms with E-state index >= 15 is 0 Å². The average molecular weight is 194 g/mol. The first-order valence-corrected chi connectivity index (χ1v) is 4.49. The molecule has 1 fully saturated rings. The number of hydrogen-bond acceptors (Lipinski definition) is 2. The summed E-state index contributed by atoms with van der Waals surface area (Å²) in [5.41, 5.74) is 5.94. The van der Waals surface area contributed by atoms with Crippen LogP contribution in [0, 0.1) is 5.82 Å². The van der Waals surface area contributed by atoms with Crippen LogP contribution in [0.3, 0.4) is 0 Å². The molecule has 1 atom stereocenters. The molecule has 1 aromatic carbocycles. The molecule has 1 heterocycles. The van der Waals surface area contributed by atoms with Crippen molar-refractivity contribution < 1.29 is 9.18 Å². The number of benzene rings is 1. The molecule has 1 aliphatic heterocycles. The summed E-state index contributed by atoms with van der Waals surface area (Å²) in [4.78, 5) is 12.8. The van der Waals surface area contributed by atoms with Gasteiger partial charge in [-0.25, -0.2) is 4.39 Å². The van der Waals surface area contributed by atoms with Crippen LogP contribution in [0.25, 0.3) is 0 Å². The average Bonchev–Trinajstić information content (AvgIpc) is 2.46. The molecule has 2 rings (SSSR count). The highest BCUT2D eigenvalue weighted by Gasteiger charge is 2.29. The summed E-state index contributed by atoms with van der Waals surface area (Å²) in [5.74, 6) is -0.488. The molecule has 2 N–H and O–H groups in total. The summed E-state index contributed by atoms with van der Waals surface area (Å²) < 4.78 is 13.3. The van der Waals surface area contributed by atoms with Crippen molar-refractivity contribution in [3.8, 4) is 0 Å². The predicted molar refractivity (Wildman–Crippen MR) is 51.3 cm³/mol. The molecule has 0 aliphatic carbocycles. The van der Waals surface area contributed by atoms with Gasteiger partial charge in [0.15, 0.2) is 0 Å². The summed E-state index contributed by atoms with van der Waals surface area (Å²) in [6.45, 7) is 0.403. The number of rotatable bonds is 1. The number of anilines is 1. The first kappa shape index (κ1) is 9.15. The van der Waals surface area contributed by atoms with Crippen LogP contribution in [0.2, 0.25) is 0 Å². The minimum atomic E-state index is -0.380. The zero-order valence-electron chi connectivity index (χ0n) is 7.61. The fourth-order valence-electron chi connectivity index (χ4n) is 1.64. The minimum Gasteiger partial charge on any atom is -0.326 e. The van der Waals surface area contributed by atoms with E-state index in [1.807, 2.05) is 0 Å². The molecule has 1 saturated heterocycles. The lowest BCUT2D eigenvalue weighted by atomic mass is 10.3. The predicted octanol–water partition coefficient (Wildman–Crippen LogP) is 0.890. The molecule has 0 radical (unpaired) electrons. The highest BCUT2D eigenvalue weighted by atomic mass is 19.1. The van der Waals surface area contributed by atoms with Gasteiger partial charge in [-0.1, -0.05) is 12.1 Å². The molecule has 1 aromatic rings. The van der Waals surface area contributed by atoms with Gasteiger partial charge in [-0.15, -0.1) is 0 Å². The zero-order valence-corrected chi connectivity index (χ0v) is 7.61. The number of hydrogen-bond donors (Lipinski definition) is 1. The van der Waals surface area contributed by atoms with Gasteiger partial charge in [0.05, 0.1) is 5.69 Å². The molecular formula is C10H11FN2O. The SMILES string of the molecule is NC1CC(=O)N(c2ccccc2F)C1. The summed E-state index contributed by atoms with van der Waals surface area (Å²) in [6, 6.07) is 6.05.